The van der Waals surface area contributed by atoms with E-state index in [4.69, 9.17) is 4.98 Å². The van der Waals surface area contributed by atoms with E-state index in [1.165, 1.54) is 12.1 Å². The molecule has 5 rings (SSSR count). The number of carbonyl (C=O) groups is 1. The van der Waals surface area contributed by atoms with Gasteiger partial charge in [0.25, 0.3) is 0 Å². The second kappa shape index (κ2) is 11.8. The van der Waals surface area contributed by atoms with Crippen LogP contribution >= 0.6 is 0 Å². The van der Waals surface area contributed by atoms with E-state index in [9.17, 15) is 23.1 Å². The lowest BCUT2D eigenvalue weighted by Gasteiger charge is -2.32. The van der Waals surface area contributed by atoms with Gasteiger partial charge in [0, 0.05) is 18.8 Å². The molecule has 4 aromatic rings. The van der Waals surface area contributed by atoms with E-state index in [0.717, 1.165) is 25.3 Å². The molecule has 1 fully saturated rings. The first-order valence-corrected chi connectivity index (χ1v) is 13.8. The minimum atomic E-state index is -4.58. The van der Waals surface area contributed by atoms with Crippen molar-refractivity contribution in [1.29, 1.82) is 0 Å². The van der Waals surface area contributed by atoms with Gasteiger partial charge in [-0.2, -0.15) is 18.2 Å². The fourth-order valence-corrected chi connectivity index (χ4v) is 5.30. The summed E-state index contributed by atoms with van der Waals surface area (Å²) in [5.74, 6) is -0.919. The van der Waals surface area contributed by atoms with E-state index in [-0.39, 0.29) is 48.2 Å². The van der Waals surface area contributed by atoms with Crippen LogP contribution < -0.4 is 10.2 Å². The molecule has 0 amide bonds. The van der Waals surface area contributed by atoms with Crippen molar-refractivity contribution < 1.29 is 23.1 Å². The number of pyridine rings is 1. The maximum Gasteiger partial charge on any atom is 0.416 e. The highest BCUT2D eigenvalue weighted by Crippen LogP contribution is 2.37. The van der Waals surface area contributed by atoms with Gasteiger partial charge in [-0.25, -0.2) is 14.8 Å². The molecule has 220 valence electrons. The number of nitrogens with zero attached hydrogens (tertiary/aromatic N) is 6. The van der Waals surface area contributed by atoms with Gasteiger partial charge < -0.3 is 19.9 Å². The molecule has 1 unspecified atom stereocenters. The Balaban J connectivity index is 1.75. The molecule has 1 aliphatic rings. The molecule has 1 aliphatic carbocycles. The maximum absolute atomic E-state index is 14.1. The molecule has 0 aliphatic heterocycles. The average molecular weight is 580 g/mol. The quantitative estimate of drug-likeness (QED) is 0.198. The van der Waals surface area contributed by atoms with Crippen LogP contribution in [0.4, 0.5) is 24.9 Å². The summed E-state index contributed by atoms with van der Waals surface area (Å²) in [7, 11) is 0. The summed E-state index contributed by atoms with van der Waals surface area (Å²) in [6, 6.07) is 10.4. The summed E-state index contributed by atoms with van der Waals surface area (Å²) in [4.78, 5) is 31.6. The van der Waals surface area contributed by atoms with Crippen molar-refractivity contribution in [3.8, 4) is 0 Å². The number of fused-ring (bicyclic) bond motifs is 1. The Morgan fingerprint density at radius 3 is 2.52 bits per heavy atom. The normalized spacial score (nSPS) is 15.2. The number of anilines is 2. The van der Waals surface area contributed by atoms with Crippen LogP contribution in [0.1, 0.15) is 66.6 Å². The third kappa shape index (κ3) is 5.79. The van der Waals surface area contributed by atoms with Gasteiger partial charge in [0.2, 0.25) is 11.8 Å². The zero-order valence-corrected chi connectivity index (χ0v) is 23.3. The van der Waals surface area contributed by atoms with E-state index in [2.05, 4.69) is 26.8 Å². The number of imidazole rings is 1. The fourth-order valence-electron chi connectivity index (χ4n) is 5.30. The Morgan fingerprint density at radius 1 is 1.17 bits per heavy atom. The zero-order valence-electron chi connectivity index (χ0n) is 23.3. The summed E-state index contributed by atoms with van der Waals surface area (Å²) >= 11 is 0. The minimum Gasteiger partial charge on any atom is -0.475 e. The third-order valence-electron chi connectivity index (χ3n) is 7.81. The van der Waals surface area contributed by atoms with Crippen LogP contribution in [-0.2, 0) is 12.7 Å². The first-order chi connectivity index (χ1) is 20.1. The van der Waals surface area contributed by atoms with Gasteiger partial charge in [0.05, 0.1) is 23.8 Å². The van der Waals surface area contributed by atoms with Crippen LogP contribution in [-0.4, -0.2) is 48.2 Å². The van der Waals surface area contributed by atoms with Crippen molar-refractivity contribution >= 4 is 28.9 Å². The Hall–Kier alpha value is -4.48. The van der Waals surface area contributed by atoms with Crippen LogP contribution in [0.5, 0.6) is 0 Å². The molecule has 1 aromatic carbocycles. The van der Waals surface area contributed by atoms with Crippen LogP contribution in [0.15, 0.2) is 61.3 Å². The molecule has 42 heavy (non-hydrogen) atoms. The van der Waals surface area contributed by atoms with Gasteiger partial charge in [-0.3, -0.25) is 4.98 Å². The number of alkyl halides is 3. The highest BCUT2D eigenvalue weighted by molar-refractivity contribution is 5.92. The molecular formula is C30H32F3N7O2. The molecule has 2 atom stereocenters. The standard InChI is InChI=1S/C30H32F3N7O2/c1-4-16-39(19(3)23-14-7-8-15-34-23)29-38-26-24(40(29)17-21-10-5-6-13-22(21)30(31,32)33)25(36-27(37-26)28(41)42)35-18(2)20-11-9-12-20/h4-8,10,13-15,18-20H,1,9,11-12,16-17H2,2-3H3,(H,41,42)(H,35,36,37)/t18-,19?/m1/s1. The van der Waals surface area contributed by atoms with E-state index >= 15 is 0 Å². The van der Waals surface area contributed by atoms with Crippen LogP contribution in [0.2, 0.25) is 0 Å². The average Bonchev–Trinajstić information content (AvgIpc) is 3.28. The van der Waals surface area contributed by atoms with Crippen LogP contribution in [0, 0.1) is 5.92 Å². The number of aromatic nitrogens is 5. The summed E-state index contributed by atoms with van der Waals surface area (Å²) < 4.78 is 43.9. The lowest BCUT2D eigenvalue weighted by molar-refractivity contribution is -0.138. The Kier molecular flexibility index (Phi) is 8.15. The van der Waals surface area contributed by atoms with E-state index < -0.39 is 23.5 Å². The van der Waals surface area contributed by atoms with Crippen LogP contribution in [0.25, 0.3) is 11.2 Å². The molecular weight excluding hydrogens is 547 g/mol. The van der Waals surface area contributed by atoms with Gasteiger partial charge in [-0.15, -0.1) is 6.58 Å². The van der Waals surface area contributed by atoms with Crippen molar-refractivity contribution in [2.45, 2.75) is 57.9 Å². The molecule has 2 N–H and O–H groups in total. The highest BCUT2D eigenvalue weighted by Gasteiger charge is 2.34. The second-order valence-corrected chi connectivity index (χ2v) is 10.5. The fraction of sp³-hybridized carbons (Fsp3) is 0.367. The predicted octanol–water partition coefficient (Wildman–Crippen LogP) is 6.34. The van der Waals surface area contributed by atoms with Crippen molar-refractivity contribution in [2.75, 3.05) is 16.8 Å². The predicted molar refractivity (Wildman–Crippen MR) is 153 cm³/mol. The number of hydrogen-bond donors (Lipinski definition) is 2. The van der Waals surface area contributed by atoms with E-state index in [0.29, 0.717) is 17.1 Å². The molecule has 0 radical (unpaired) electrons. The largest absolute Gasteiger partial charge is 0.475 e. The van der Waals surface area contributed by atoms with Gasteiger partial charge in [-0.05, 0) is 56.4 Å². The van der Waals surface area contributed by atoms with Crippen molar-refractivity contribution in [3.05, 3.63) is 84.0 Å². The van der Waals surface area contributed by atoms with Gasteiger partial charge in [-0.1, -0.05) is 36.8 Å². The highest BCUT2D eigenvalue weighted by atomic mass is 19.4. The SMILES string of the molecule is C=CCN(c1nc2nc(C(=O)O)nc(N[C@H](C)C3CCC3)c2n1Cc1ccccc1C(F)(F)F)C(C)c1ccccn1. The molecule has 3 heterocycles. The monoisotopic (exact) mass is 579 g/mol. The number of aromatic carboxylic acids is 1. The third-order valence-corrected chi connectivity index (χ3v) is 7.81. The number of halogens is 3. The van der Waals surface area contributed by atoms with Crippen molar-refractivity contribution in [1.82, 2.24) is 24.5 Å². The van der Waals surface area contributed by atoms with Crippen LogP contribution in [0.3, 0.4) is 0 Å². The molecule has 0 spiro atoms. The molecule has 0 bridgehead atoms. The number of carboxylic acids is 1. The Labute approximate surface area is 241 Å². The molecule has 12 heteroatoms. The van der Waals surface area contributed by atoms with Gasteiger partial charge in [0.15, 0.2) is 11.5 Å². The summed E-state index contributed by atoms with van der Waals surface area (Å²) in [5, 5.41) is 13.1. The number of benzene rings is 1. The van der Waals surface area contributed by atoms with Crippen molar-refractivity contribution in [2.24, 2.45) is 5.92 Å². The first kappa shape index (κ1) is 29.0. The van der Waals surface area contributed by atoms with E-state index in [1.54, 1.807) is 29.0 Å². The summed E-state index contributed by atoms with van der Waals surface area (Å²) in [5.41, 5.74) is 0.344. The Morgan fingerprint density at radius 2 is 1.90 bits per heavy atom. The summed E-state index contributed by atoms with van der Waals surface area (Å²) in [6.07, 6.45) is 1.89. The molecule has 9 nitrogen and oxygen atoms in total. The number of nitrogens with one attached hydrogen (secondary N) is 1. The summed E-state index contributed by atoms with van der Waals surface area (Å²) in [6.45, 7) is 7.84. The number of rotatable bonds is 11. The molecule has 3 aromatic heterocycles. The number of carboxylic acid groups (broad SMARTS) is 1. The lowest BCUT2D eigenvalue weighted by atomic mass is 9.80. The van der Waals surface area contributed by atoms with Gasteiger partial charge >= 0.3 is 12.1 Å². The second-order valence-electron chi connectivity index (χ2n) is 10.5. The van der Waals surface area contributed by atoms with E-state index in [1.807, 2.05) is 30.9 Å². The topological polar surface area (TPSA) is 109 Å². The zero-order chi connectivity index (χ0) is 30.0. The maximum atomic E-state index is 14.1. The molecule has 0 saturated heterocycles. The minimum absolute atomic E-state index is 0.0231. The first-order valence-electron chi connectivity index (χ1n) is 13.8. The molecule has 1 saturated carbocycles. The van der Waals surface area contributed by atoms with Gasteiger partial charge in [0.1, 0.15) is 5.52 Å². The number of hydrogen-bond acceptors (Lipinski definition) is 7. The Bertz CT molecular complexity index is 1590. The van der Waals surface area contributed by atoms with Crippen molar-refractivity contribution in [3.63, 3.8) is 0 Å². The smallest absolute Gasteiger partial charge is 0.416 e. The lowest BCUT2D eigenvalue weighted by Crippen LogP contribution is -2.32.